The molecular weight excluding hydrogens is 392 g/mol. The van der Waals surface area contributed by atoms with Crippen molar-refractivity contribution in [2.45, 2.75) is 24.8 Å². The Morgan fingerprint density at radius 3 is 2.45 bits per heavy atom. The first-order valence-corrected chi connectivity index (χ1v) is 10.2. The minimum absolute atomic E-state index is 0.209. The lowest BCUT2D eigenvalue weighted by atomic mass is 9.72. The molecule has 31 heavy (non-hydrogen) atoms. The van der Waals surface area contributed by atoms with E-state index in [1.807, 2.05) is 34.7 Å². The average molecular weight is 414 g/mol. The molecule has 5 rings (SSSR count). The summed E-state index contributed by atoms with van der Waals surface area (Å²) in [6, 6.07) is 21.6. The van der Waals surface area contributed by atoms with Gasteiger partial charge in [0.1, 0.15) is 11.4 Å². The highest BCUT2D eigenvalue weighted by molar-refractivity contribution is 5.82. The van der Waals surface area contributed by atoms with E-state index < -0.39 is 6.09 Å². The SMILES string of the molecule is NC1(c2ccc(-c3nc4cc(OC(=O)NO)ccn4c3-c3ccccc3)cc2)CCC1. The maximum absolute atomic E-state index is 11.4. The van der Waals surface area contributed by atoms with Crippen molar-refractivity contribution in [3.05, 3.63) is 78.5 Å². The van der Waals surface area contributed by atoms with E-state index in [9.17, 15) is 4.79 Å². The first kappa shape index (κ1) is 19.3. The van der Waals surface area contributed by atoms with Gasteiger partial charge < -0.3 is 10.5 Å². The van der Waals surface area contributed by atoms with E-state index in [1.165, 1.54) is 11.9 Å². The Balaban J connectivity index is 1.63. The third kappa shape index (κ3) is 3.43. The molecule has 0 spiro atoms. The lowest BCUT2D eigenvalue weighted by Gasteiger charge is -2.38. The third-order valence-corrected chi connectivity index (χ3v) is 5.93. The summed E-state index contributed by atoms with van der Waals surface area (Å²) >= 11 is 0. The van der Waals surface area contributed by atoms with Gasteiger partial charge in [-0.05, 0) is 30.9 Å². The van der Waals surface area contributed by atoms with Crippen LogP contribution in [0.3, 0.4) is 0 Å². The number of imidazole rings is 1. The van der Waals surface area contributed by atoms with Crippen LogP contribution in [0.1, 0.15) is 24.8 Å². The molecule has 0 aliphatic heterocycles. The first-order valence-electron chi connectivity index (χ1n) is 10.2. The molecule has 1 aliphatic rings. The Morgan fingerprint density at radius 2 is 1.81 bits per heavy atom. The summed E-state index contributed by atoms with van der Waals surface area (Å²) in [5, 5.41) is 8.70. The van der Waals surface area contributed by atoms with Gasteiger partial charge in [-0.15, -0.1) is 0 Å². The maximum Gasteiger partial charge on any atom is 0.436 e. The molecular formula is C24H22N4O3. The van der Waals surface area contributed by atoms with Gasteiger partial charge in [-0.1, -0.05) is 54.6 Å². The van der Waals surface area contributed by atoms with E-state index in [0.29, 0.717) is 5.65 Å². The number of carbonyl (C=O) groups is 1. The fraction of sp³-hybridized carbons (Fsp3) is 0.167. The minimum Gasteiger partial charge on any atom is -0.409 e. The highest BCUT2D eigenvalue weighted by Gasteiger charge is 2.34. The number of pyridine rings is 1. The second kappa shape index (κ2) is 7.54. The molecule has 0 saturated heterocycles. The lowest BCUT2D eigenvalue weighted by molar-refractivity contribution is 0.127. The predicted molar refractivity (Wildman–Crippen MR) is 117 cm³/mol. The van der Waals surface area contributed by atoms with Gasteiger partial charge in [0.25, 0.3) is 0 Å². The minimum atomic E-state index is -0.957. The number of fused-ring (bicyclic) bond motifs is 1. The molecule has 7 heteroatoms. The third-order valence-electron chi connectivity index (χ3n) is 5.93. The standard InChI is InChI=1S/C24H22N4O3/c25-24(12-4-13-24)18-9-7-16(8-10-18)21-22(17-5-2-1-3-6-17)28-14-11-19(15-20(28)26-21)31-23(29)27-30/h1-3,5-11,14-15,30H,4,12-13,25H2,(H,27,29). The molecule has 0 unspecified atom stereocenters. The van der Waals surface area contributed by atoms with Gasteiger partial charge in [0, 0.05) is 28.9 Å². The first-order chi connectivity index (χ1) is 15.1. The van der Waals surface area contributed by atoms with Gasteiger partial charge in [-0.2, -0.15) is 0 Å². The van der Waals surface area contributed by atoms with Gasteiger partial charge in [-0.3, -0.25) is 9.61 Å². The maximum atomic E-state index is 11.4. The van der Waals surface area contributed by atoms with Crippen molar-refractivity contribution in [2.75, 3.05) is 0 Å². The topological polar surface area (TPSA) is 102 Å². The molecule has 156 valence electrons. The molecule has 1 aliphatic carbocycles. The highest BCUT2D eigenvalue weighted by Crippen LogP contribution is 2.40. The molecule has 2 aromatic carbocycles. The van der Waals surface area contributed by atoms with Crippen molar-refractivity contribution >= 4 is 11.7 Å². The number of aromatic nitrogens is 2. The Labute approximate surface area is 179 Å². The fourth-order valence-electron chi connectivity index (χ4n) is 4.10. The second-order valence-electron chi connectivity index (χ2n) is 7.85. The zero-order valence-corrected chi connectivity index (χ0v) is 16.8. The largest absolute Gasteiger partial charge is 0.436 e. The predicted octanol–water partition coefficient (Wildman–Crippen LogP) is 4.48. The van der Waals surface area contributed by atoms with Crippen LogP contribution in [0.15, 0.2) is 72.9 Å². The fourth-order valence-corrected chi connectivity index (χ4v) is 4.10. The number of hydroxylamine groups is 1. The lowest BCUT2D eigenvalue weighted by Crippen LogP contribution is -2.43. The Hall–Kier alpha value is -3.68. The van der Waals surface area contributed by atoms with E-state index in [2.05, 4.69) is 24.3 Å². The molecule has 0 atom stereocenters. The number of nitrogens with one attached hydrogen (secondary N) is 1. The number of amides is 1. The highest BCUT2D eigenvalue weighted by atomic mass is 16.6. The summed E-state index contributed by atoms with van der Waals surface area (Å²) in [5.74, 6) is 0.278. The average Bonchev–Trinajstić information content (AvgIpc) is 3.17. The zero-order valence-electron chi connectivity index (χ0n) is 16.8. The summed E-state index contributed by atoms with van der Waals surface area (Å²) in [4.78, 5) is 16.2. The van der Waals surface area contributed by atoms with Gasteiger partial charge in [0.05, 0.1) is 11.4 Å². The molecule has 1 saturated carbocycles. The smallest absolute Gasteiger partial charge is 0.409 e. The van der Waals surface area contributed by atoms with Crippen LogP contribution < -0.4 is 16.0 Å². The van der Waals surface area contributed by atoms with E-state index in [4.69, 9.17) is 20.7 Å². The van der Waals surface area contributed by atoms with Crippen LogP contribution >= 0.6 is 0 Å². The molecule has 2 aromatic heterocycles. The molecule has 4 aromatic rings. The van der Waals surface area contributed by atoms with Crippen molar-refractivity contribution < 1.29 is 14.7 Å². The van der Waals surface area contributed by atoms with Crippen LogP contribution in [0.25, 0.3) is 28.2 Å². The van der Waals surface area contributed by atoms with E-state index in [1.54, 1.807) is 18.3 Å². The normalized spacial score (nSPS) is 14.8. The van der Waals surface area contributed by atoms with Crippen molar-refractivity contribution in [1.82, 2.24) is 14.9 Å². The summed E-state index contributed by atoms with van der Waals surface area (Å²) in [5.41, 5.74) is 13.3. The number of nitrogens with two attached hydrogens (primary N) is 1. The number of ether oxygens (including phenoxy) is 1. The Morgan fingerprint density at radius 1 is 1.06 bits per heavy atom. The summed E-state index contributed by atoms with van der Waals surface area (Å²) < 4.78 is 6.99. The van der Waals surface area contributed by atoms with Crippen LogP contribution in [0.5, 0.6) is 5.75 Å². The van der Waals surface area contributed by atoms with E-state index in [-0.39, 0.29) is 11.3 Å². The van der Waals surface area contributed by atoms with Gasteiger partial charge >= 0.3 is 6.09 Å². The second-order valence-corrected chi connectivity index (χ2v) is 7.85. The number of rotatable bonds is 4. The van der Waals surface area contributed by atoms with Crippen molar-refractivity contribution in [1.29, 1.82) is 0 Å². The molecule has 2 heterocycles. The molecule has 1 amide bonds. The van der Waals surface area contributed by atoms with Crippen LogP contribution in [0, 0.1) is 0 Å². The molecule has 7 nitrogen and oxygen atoms in total. The van der Waals surface area contributed by atoms with Gasteiger partial charge in [0.2, 0.25) is 0 Å². The summed E-state index contributed by atoms with van der Waals surface area (Å²) in [7, 11) is 0. The van der Waals surface area contributed by atoms with Crippen molar-refractivity contribution in [3.63, 3.8) is 0 Å². The Bertz CT molecular complexity index is 1250. The number of hydrogen-bond donors (Lipinski definition) is 3. The van der Waals surface area contributed by atoms with Gasteiger partial charge in [0.15, 0.2) is 0 Å². The summed E-state index contributed by atoms with van der Waals surface area (Å²) in [6.45, 7) is 0. The number of hydrogen-bond acceptors (Lipinski definition) is 5. The number of carbonyl (C=O) groups excluding carboxylic acids is 1. The number of benzene rings is 2. The van der Waals surface area contributed by atoms with Gasteiger partial charge in [-0.25, -0.2) is 15.3 Å². The molecule has 1 fully saturated rings. The zero-order chi connectivity index (χ0) is 21.4. The summed E-state index contributed by atoms with van der Waals surface area (Å²) in [6.07, 6.45) is 4.04. The molecule has 0 radical (unpaired) electrons. The van der Waals surface area contributed by atoms with Crippen molar-refractivity contribution in [3.8, 4) is 28.3 Å². The van der Waals surface area contributed by atoms with Crippen LogP contribution in [-0.4, -0.2) is 20.7 Å². The molecule has 0 bridgehead atoms. The molecule has 4 N–H and O–H groups in total. The van der Waals surface area contributed by atoms with Crippen LogP contribution in [0.4, 0.5) is 4.79 Å². The van der Waals surface area contributed by atoms with E-state index in [0.717, 1.165) is 40.9 Å². The number of nitrogens with zero attached hydrogens (tertiary/aromatic N) is 2. The Kier molecular flexibility index (Phi) is 4.69. The van der Waals surface area contributed by atoms with Crippen LogP contribution in [-0.2, 0) is 5.54 Å². The quantitative estimate of drug-likeness (QED) is 0.337. The van der Waals surface area contributed by atoms with Crippen LogP contribution in [0.2, 0.25) is 0 Å². The van der Waals surface area contributed by atoms with Crippen molar-refractivity contribution in [2.24, 2.45) is 5.73 Å². The monoisotopic (exact) mass is 414 g/mol. The van der Waals surface area contributed by atoms with E-state index >= 15 is 0 Å².